The molecule has 0 radical (unpaired) electrons. The smallest absolute Gasteiger partial charge is 0.369 e. The highest BCUT2D eigenvalue weighted by Gasteiger charge is 2.71. The number of alkyl halides is 6. The van der Waals surface area contributed by atoms with Crippen LogP contribution in [0.2, 0.25) is 0 Å². The molecule has 1 heterocycles. The highest BCUT2D eigenvalue weighted by molar-refractivity contribution is 5.82. The predicted molar refractivity (Wildman–Crippen MR) is 115 cm³/mol. The normalized spacial score (nSPS) is 22.2. The van der Waals surface area contributed by atoms with Gasteiger partial charge in [-0.05, 0) is 11.1 Å². The van der Waals surface area contributed by atoms with Crippen LogP contribution in [-0.4, -0.2) is 41.4 Å². The van der Waals surface area contributed by atoms with Gasteiger partial charge in [0.2, 0.25) is 5.91 Å². The highest BCUT2D eigenvalue weighted by Crippen LogP contribution is 2.51. The Morgan fingerprint density at radius 3 is 1.85 bits per heavy atom. The third-order valence-corrected chi connectivity index (χ3v) is 6.60. The van der Waals surface area contributed by atoms with Crippen LogP contribution < -0.4 is 0 Å². The molecule has 2 aromatic rings. The first-order valence-corrected chi connectivity index (χ1v) is 10.7. The molecule has 1 saturated heterocycles. The van der Waals surface area contributed by atoms with E-state index in [2.05, 4.69) is 0 Å². The third kappa shape index (κ3) is 4.30. The third-order valence-electron chi connectivity index (χ3n) is 6.60. The van der Waals surface area contributed by atoms with E-state index >= 15 is 0 Å². The second-order valence-electron chi connectivity index (χ2n) is 10.1. The average Bonchev–Trinajstić information content (AvgIpc) is 3.09. The van der Waals surface area contributed by atoms with Crippen molar-refractivity contribution in [2.24, 2.45) is 5.41 Å². The van der Waals surface area contributed by atoms with Gasteiger partial charge >= 0.3 is 12.4 Å². The molecular formula is C25H27F6NO2. The van der Waals surface area contributed by atoms with Crippen LogP contribution in [-0.2, 0) is 15.8 Å². The Kier molecular flexibility index (Phi) is 6.35. The van der Waals surface area contributed by atoms with Crippen molar-refractivity contribution in [3.63, 3.8) is 0 Å². The Morgan fingerprint density at radius 1 is 0.912 bits per heavy atom. The first-order chi connectivity index (χ1) is 15.4. The molecule has 1 N–H and O–H groups in total. The summed E-state index contributed by atoms with van der Waals surface area (Å²) in [5.41, 5.74) is -6.20. The van der Waals surface area contributed by atoms with Crippen molar-refractivity contribution in [2.75, 3.05) is 13.1 Å². The van der Waals surface area contributed by atoms with Gasteiger partial charge in [0.1, 0.15) is 0 Å². The summed E-state index contributed by atoms with van der Waals surface area (Å²) in [6, 6.07) is 13.0. The molecule has 0 spiro atoms. The van der Waals surface area contributed by atoms with Crippen molar-refractivity contribution in [3.8, 4) is 0 Å². The molecule has 0 bridgehead atoms. The van der Waals surface area contributed by atoms with Gasteiger partial charge in [0.25, 0.3) is 5.60 Å². The fraction of sp³-hybridized carbons (Fsp3) is 0.480. The number of rotatable bonds is 3. The van der Waals surface area contributed by atoms with Crippen molar-refractivity contribution in [1.82, 2.24) is 4.90 Å². The van der Waals surface area contributed by atoms with Gasteiger partial charge < -0.3 is 10.0 Å². The Bertz CT molecular complexity index is 1010. The molecule has 9 heteroatoms. The largest absolute Gasteiger partial charge is 0.430 e. The maximum Gasteiger partial charge on any atom is 0.430 e. The lowest BCUT2D eigenvalue weighted by Crippen LogP contribution is -2.53. The molecule has 1 aliphatic heterocycles. The summed E-state index contributed by atoms with van der Waals surface area (Å²) in [6.07, 6.45) is -11.9. The van der Waals surface area contributed by atoms with Gasteiger partial charge in [-0.3, -0.25) is 4.79 Å². The standard InChI is InChI=1S/C25H27F6NO2/c1-21(2,3)20(33)32-14-19(22(4,15-32)17-8-6-5-7-9-17)16-10-12-18(13-11-16)23(34,24(26,27)28)25(29,30)31/h5-13,19,34H,14-15H2,1-4H3/t19-,22+/m0/s1. The van der Waals surface area contributed by atoms with Crippen LogP contribution in [0.3, 0.4) is 0 Å². The van der Waals surface area contributed by atoms with Crippen molar-refractivity contribution < 1.29 is 36.2 Å². The Morgan fingerprint density at radius 2 is 1.41 bits per heavy atom. The molecule has 0 unspecified atom stereocenters. The molecule has 34 heavy (non-hydrogen) atoms. The number of benzene rings is 2. The zero-order chi connectivity index (χ0) is 25.7. The van der Waals surface area contributed by atoms with Gasteiger partial charge in [-0.1, -0.05) is 82.3 Å². The van der Waals surface area contributed by atoms with E-state index in [1.54, 1.807) is 25.7 Å². The first kappa shape index (κ1) is 26.1. The number of aliphatic hydroxyl groups is 1. The molecule has 1 aliphatic rings. The van der Waals surface area contributed by atoms with Crippen molar-refractivity contribution >= 4 is 5.91 Å². The summed E-state index contributed by atoms with van der Waals surface area (Å²) in [4.78, 5) is 14.7. The monoisotopic (exact) mass is 487 g/mol. The number of carbonyl (C=O) groups excluding carboxylic acids is 1. The Labute approximate surface area is 194 Å². The molecule has 1 fully saturated rings. The highest BCUT2D eigenvalue weighted by atomic mass is 19.4. The summed E-state index contributed by atoms with van der Waals surface area (Å²) >= 11 is 0. The van der Waals surface area contributed by atoms with Gasteiger partial charge in [-0.15, -0.1) is 0 Å². The van der Waals surface area contributed by atoms with Gasteiger partial charge in [0.15, 0.2) is 0 Å². The molecular weight excluding hydrogens is 460 g/mol. The minimum Gasteiger partial charge on any atom is -0.369 e. The summed E-state index contributed by atoms with van der Waals surface area (Å²) in [5.74, 6) is -0.489. The van der Waals surface area contributed by atoms with Crippen molar-refractivity contribution in [2.45, 2.75) is 57.0 Å². The van der Waals surface area contributed by atoms with Crippen LogP contribution in [0.5, 0.6) is 0 Å². The van der Waals surface area contributed by atoms with E-state index in [1.807, 2.05) is 37.3 Å². The molecule has 3 rings (SSSR count). The Hall–Kier alpha value is -2.55. The lowest BCUT2D eigenvalue weighted by Gasteiger charge is -2.34. The van der Waals surface area contributed by atoms with Gasteiger partial charge in [-0.2, -0.15) is 26.3 Å². The van der Waals surface area contributed by atoms with Crippen LogP contribution >= 0.6 is 0 Å². The van der Waals surface area contributed by atoms with E-state index in [-0.39, 0.29) is 18.4 Å². The van der Waals surface area contributed by atoms with Gasteiger partial charge in [0, 0.05) is 35.4 Å². The SMILES string of the molecule is CC(C)(C)C(=O)N1C[C@@H](c2ccc(C(O)(C(F)(F)F)C(F)(F)F)cc2)[C@@](C)(c2ccccc2)C1. The molecule has 3 nitrogen and oxygen atoms in total. The maximum atomic E-state index is 13.3. The number of halogens is 6. The Balaban J connectivity index is 2.07. The molecule has 0 aliphatic carbocycles. The summed E-state index contributed by atoms with van der Waals surface area (Å²) in [7, 11) is 0. The molecule has 0 aromatic heterocycles. The van der Waals surface area contributed by atoms with Crippen LogP contribution in [0.1, 0.15) is 50.3 Å². The van der Waals surface area contributed by atoms with E-state index < -0.39 is 34.3 Å². The zero-order valence-electron chi connectivity index (χ0n) is 19.3. The number of hydrogen-bond acceptors (Lipinski definition) is 2. The van der Waals surface area contributed by atoms with Crippen LogP contribution in [0.25, 0.3) is 0 Å². The molecule has 0 saturated carbocycles. The van der Waals surface area contributed by atoms with E-state index in [0.717, 1.165) is 5.56 Å². The van der Waals surface area contributed by atoms with Crippen molar-refractivity contribution in [3.05, 3.63) is 71.3 Å². The minimum absolute atomic E-state index is 0.0997. The second-order valence-corrected chi connectivity index (χ2v) is 10.1. The second kappa shape index (κ2) is 8.29. The predicted octanol–water partition coefficient (Wildman–Crippen LogP) is 5.93. The van der Waals surface area contributed by atoms with Crippen molar-refractivity contribution in [1.29, 1.82) is 0 Å². The van der Waals surface area contributed by atoms with Gasteiger partial charge in [0.05, 0.1) is 0 Å². The molecule has 2 aromatic carbocycles. The fourth-order valence-corrected chi connectivity index (χ4v) is 4.65. The molecule has 1 amide bonds. The minimum atomic E-state index is -5.95. The lowest BCUT2D eigenvalue weighted by atomic mass is 9.71. The van der Waals surface area contributed by atoms with E-state index in [0.29, 0.717) is 24.2 Å². The summed E-state index contributed by atoms with van der Waals surface area (Å²) in [6.45, 7) is 7.88. The van der Waals surface area contributed by atoms with Crippen LogP contribution in [0, 0.1) is 5.41 Å². The molecule has 186 valence electrons. The summed E-state index contributed by atoms with van der Waals surface area (Å²) in [5, 5.41) is 9.69. The quantitative estimate of drug-likeness (QED) is 0.546. The van der Waals surface area contributed by atoms with E-state index in [4.69, 9.17) is 0 Å². The first-order valence-electron chi connectivity index (χ1n) is 10.7. The number of nitrogens with zero attached hydrogens (tertiary/aromatic N) is 1. The van der Waals surface area contributed by atoms with Gasteiger partial charge in [-0.25, -0.2) is 0 Å². The van der Waals surface area contributed by atoms with Crippen LogP contribution in [0.15, 0.2) is 54.6 Å². The lowest BCUT2D eigenvalue weighted by molar-refractivity contribution is -0.376. The number of amides is 1. The summed E-state index contributed by atoms with van der Waals surface area (Å²) < 4.78 is 79.6. The van der Waals surface area contributed by atoms with Crippen LogP contribution in [0.4, 0.5) is 26.3 Å². The number of likely N-dealkylation sites (tertiary alicyclic amines) is 1. The number of hydrogen-bond donors (Lipinski definition) is 1. The average molecular weight is 487 g/mol. The fourth-order valence-electron chi connectivity index (χ4n) is 4.65. The van der Waals surface area contributed by atoms with E-state index in [9.17, 15) is 36.2 Å². The van der Waals surface area contributed by atoms with E-state index in [1.165, 1.54) is 12.1 Å². The zero-order valence-corrected chi connectivity index (χ0v) is 19.3. The number of carbonyl (C=O) groups is 1. The molecule has 2 atom stereocenters. The topological polar surface area (TPSA) is 40.5 Å². The maximum absolute atomic E-state index is 13.3.